The summed E-state index contributed by atoms with van der Waals surface area (Å²) < 4.78 is 26.5. The van der Waals surface area contributed by atoms with Crippen LogP contribution in [-0.4, -0.2) is 30.5 Å². The summed E-state index contributed by atoms with van der Waals surface area (Å²) in [6, 6.07) is 7.63. The van der Waals surface area contributed by atoms with Crippen LogP contribution in [-0.2, 0) is 0 Å². The van der Waals surface area contributed by atoms with Crippen molar-refractivity contribution in [3.8, 4) is 0 Å². The summed E-state index contributed by atoms with van der Waals surface area (Å²) in [6.07, 6.45) is 1.04. The highest BCUT2D eigenvalue weighted by molar-refractivity contribution is 5.94. The molecule has 2 aliphatic carbocycles. The minimum Gasteiger partial charge on any atom is -0.349 e. The molecule has 0 saturated heterocycles. The zero-order chi connectivity index (χ0) is 18.2. The second kappa shape index (κ2) is 6.67. The summed E-state index contributed by atoms with van der Waals surface area (Å²) in [6.45, 7) is 7.57. The molecule has 2 saturated carbocycles. The van der Waals surface area contributed by atoms with Crippen molar-refractivity contribution in [3.63, 3.8) is 0 Å². The molecular formula is C20H28F2N2O. The van der Waals surface area contributed by atoms with Crippen LogP contribution >= 0.6 is 0 Å². The summed E-state index contributed by atoms with van der Waals surface area (Å²) in [7, 11) is 0. The predicted octanol–water partition coefficient (Wildman–Crippen LogP) is 4.10. The molecule has 2 fully saturated rings. The molecule has 5 heteroatoms. The van der Waals surface area contributed by atoms with Gasteiger partial charge in [-0.05, 0) is 36.0 Å². The Morgan fingerprint density at radius 2 is 2.08 bits per heavy atom. The van der Waals surface area contributed by atoms with Crippen molar-refractivity contribution in [2.24, 2.45) is 5.41 Å². The number of nitrogens with one attached hydrogen (secondary N) is 2. The van der Waals surface area contributed by atoms with Gasteiger partial charge in [-0.2, -0.15) is 0 Å². The number of benzene rings is 1. The molecule has 1 amide bonds. The smallest absolute Gasteiger partial charge is 0.251 e. The Morgan fingerprint density at radius 1 is 1.32 bits per heavy atom. The third-order valence-electron chi connectivity index (χ3n) is 5.00. The molecule has 3 nitrogen and oxygen atoms in total. The van der Waals surface area contributed by atoms with E-state index in [1.165, 1.54) is 0 Å². The Bertz CT molecular complexity index is 639. The van der Waals surface area contributed by atoms with E-state index in [-0.39, 0.29) is 24.2 Å². The average Bonchev–Trinajstić information content (AvgIpc) is 3.22. The summed E-state index contributed by atoms with van der Waals surface area (Å²) in [5, 5.41) is 6.34. The Hall–Kier alpha value is -1.49. The average molecular weight is 350 g/mol. The van der Waals surface area contributed by atoms with Gasteiger partial charge in [-0.25, -0.2) is 8.78 Å². The first-order chi connectivity index (χ1) is 11.6. The van der Waals surface area contributed by atoms with Crippen LogP contribution in [0.2, 0.25) is 0 Å². The molecule has 2 aliphatic rings. The minimum atomic E-state index is -2.64. The van der Waals surface area contributed by atoms with Crippen molar-refractivity contribution < 1.29 is 13.6 Å². The molecule has 2 N–H and O–H groups in total. The number of carbonyl (C=O) groups is 1. The summed E-state index contributed by atoms with van der Waals surface area (Å²) in [5.74, 6) is -2.45. The van der Waals surface area contributed by atoms with Crippen molar-refractivity contribution in [1.29, 1.82) is 0 Å². The molecule has 1 aromatic carbocycles. The van der Waals surface area contributed by atoms with E-state index in [0.29, 0.717) is 23.9 Å². The second-order valence-corrected chi connectivity index (χ2v) is 8.78. The van der Waals surface area contributed by atoms with E-state index in [2.05, 4.69) is 31.4 Å². The quantitative estimate of drug-likeness (QED) is 0.840. The molecule has 3 unspecified atom stereocenters. The van der Waals surface area contributed by atoms with Crippen LogP contribution in [0.5, 0.6) is 0 Å². The third kappa shape index (κ3) is 5.00. The molecule has 25 heavy (non-hydrogen) atoms. The van der Waals surface area contributed by atoms with E-state index in [4.69, 9.17) is 0 Å². The molecule has 138 valence electrons. The summed E-state index contributed by atoms with van der Waals surface area (Å²) >= 11 is 0. The molecule has 0 aliphatic heterocycles. The van der Waals surface area contributed by atoms with Gasteiger partial charge in [-0.15, -0.1) is 0 Å². The molecule has 0 aromatic heterocycles. The molecule has 0 spiro atoms. The van der Waals surface area contributed by atoms with Gasteiger partial charge in [0.2, 0.25) is 5.92 Å². The minimum absolute atomic E-state index is 0.138. The number of hydrogen-bond donors (Lipinski definition) is 2. The monoisotopic (exact) mass is 350 g/mol. The lowest BCUT2D eigenvalue weighted by Gasteiger charge is -2.19. The van der Waals surface area contributed by atoms with Gasteiger partial charge >= 0.3 is 0 Å². The molecule has 0 heterocycles. The lowest BCUT2D eigenvalue weighted by Crippen LogP contribution is -2.33. The first kappa shape index (κ1) is 18.3. The van der Waals surface area contributed by atoms with Crippen molar-refractivity contribution in [2.45, 2.75) is 70.4 Å². The van der Waals surface area contributed by atoms with E-state index >= 15 is 0 Å². The molecular weight excluding hydrogens is 322 g/mol. The lowest BCUT2D eigenvalue weighted by molar-refractivity contribution is 0.00711. The molecule has 3 atom stereocenters. The number of halogens is 2. The Morgan fingerprint density at radius 3 is 2.72 bits per heavy atom. The molecule has 0 bridgehead atoms. The number of hydrogen-bond acceptors (Lipinski definition) is 2. The Labute approximate surface area is 148 Å². The SMILES string of the molecule is CC(C)(C)CNC1CC1c1cccc(C(=O)NC2CCC(F)(F)C2)c1. The predicted molar refractivity (Wildman–Crippen MR) is 95.1 cm³/mol. The zero-order valence-corrected chi connectivity index (χ0v) is 15.2. The number of amides is 1. The normalized spacial score (nSPS) is 28.0. The van der Waals surface area contributed by atoms with Crippen LogP contribution in [0.25, 0.3) is 0 Å². The van der Waals surface area contributed by atoms with Gasteiger partial charge in [-0.1, -0.05) is 32.9 Å². The van der Waals surface area contributed by atoms with E-state index in [1.807, 2.05) is 18.2 Å². The van der Waals surface area contributed by atoms with Crippen molar-refractivity contribution in [3.05, 3.63) is 35.4 Å². The van der Waals surface area contributed by atoms with Gasteiger partial charge in [0, 0.05) is 43.0 Å². The van der Waals surface area contributed by atoms with Gasteiger partial charge < -0.3 is 10.6 Å². The van der Waals surface area contributed by atoms with Crippen molar-refractivity contribution >= 4 is 5.91 Å². The summed E-state index contributed by atoms with van der Waals surface area (Å²) in [4.78, 5) is 12.4. The first-order valence-corrected chi connectivity index (χ1v) is 9.15. The topological polar surface area (TPSA) is 41.1 Å². The fourth-order valence-corrected chi connectivity index (χ4v) is 3.48. The Balaban J connectivity index is 1.56. The van der Waals surface area contributed by atoms with E-state index in [1.54, 1.807) is 6.07 Å². The maximum atomic E-state index is 13.3. The Kier molecular flexibility index (Phi) is 4.89. The third-order valence-corrected chi connectivity index (χ3v) is 5.00. The van der Waals surface area contributed by atoms with Crippen LogP contribution < -0.4 is 10.6 Å². The van der Waals surface area contributed by atoms with Crippen molar-refractivity contribution in [1.82, 2.24) is 10.6 Å². The van der Waals surface area contributed by atoms with Crippen LogP contribution in [0.15, 0.2) is 24.3 Å². The van der Waals surface area contributed by atoms with Crippen LogP contribution in [0.4, 0.5) is 8.78 Å². The zero-order valence-electron chi connectivity index (χ0n) is 15.2. The van der Waals surface area contributed by atoms with Gasteiger partial charge in [0.1, 0.15) is 0 Å². The summed E-state index contributed by atoms with van der Waals surface area (Å²) in [5.41, 5.74) is 1.96. The van der Waals surface area contributed by atoms with E-state index < -0.39 is 12.0 Å². The fraction of sp³-hybridized carbons (Fsp3) is 0.650. The number of alkyl halides is 2. The number of rotatable bonds is 5. The van der Waals surface area contributed by atoms with Crippen LogP contribution in [0, 0.1) is 5.41 Å². The maximum Gasteiger partial charge on any atom is 0.251 e. The van der Waals surface area contributed by atoms with Crippen molar-refractivity contribution in [2.75, 3.05) is 6.54 Å². The molecule has 1 aromatic rings. The molecule has 0 radical (unpaired) electrons. The fourth-order valence-electron chi connectivity index (χ4n) is 3.48. The highest BCUT2D eigenvalue weighted by Gasteiger charge is 2.40. The molecule has 3 rings (SSSR count). The van der Waals surface area contributed by atoms with Gasteiger partial charge in [0.25, 0.3) is 5.91 Å². The van der Waals surface area contributed by atoms with Gasteiger partial charge in [0.15, 0.2) is 0 Å². The van der Waals surface area contributed by atoms with Gasteiger partial charge in [-0.3, -0.25) is 4.79 Å². The highest BCUT2D eigenvalue weighted by atomic mass is 19.3. The largest absolute Gasteiger partial charge is 0.349 e. The van der Waals surface area contributed by atoms with Crippen LogP contribution in [0.3, 0.4) is 0 Å². The first-order valence-electron chi connectivity index (χ1n) is 9.15. The van der Waals surface area contributed by atoms with E-state index in [0.717, 1.165) is 18.5 Å². The lowest BCUT2D eigenvalue weighted by atomic mass is 9.97. The number of carbonyl (C=O) groups excluding carboxylic acids is 1. The van der Waals surface area contributed by atoms with E-state index in [9.17, 15) is 13.6 Å². The maximum absolute atomic E-state index is 13.3. The second-order valence-electron chi connectivity index (χ2n) is 8.78. The van der Waals surface area contributed by atoms with Gasteiger partial charge in [0.05, 0.1) is 0 Å². The van der Waals surface area contributed by atoms with Crippen LogP contribution in [0.1, 0.15) is 68.3 Å². The highest BCUT2D eigenvalue weighted by Crippen LogP contribution is 2.41. The standard InChI is InChI=1S/C20H28F2N2O/c1-19(2,3)12-23-17-10-16(17)13-5-4-6-14(9-13)18(25)24-15-7-8-20(21,22)11-15/h4-6,9,15-17,23H,7-8,10-12H2,1-3H3,(H,24,25).